The smallest absolute Gasteiger partial charge is 0.257 e. The Balaban J connectivity index is 1.71. The number of hydrogen-bond donors (Lipinski definition) is 1. The lowest BCUT2D eigenvalue weighted by molar-refractivity contribution is 0.0728. The number of phenolic OH excluding ortho intramolecular Hbond substituents is 1. The summed E-state index contributed by atoms with van der Waals surface area (Å²) in [6.07, 6.45) is 2.39. The molecule has 4 rings (SSSR count). The first-order valence-electron chi connectivity index (χ1n) is 8.66. The highest BCUT2D eigenvalue weighted by atomic mass is 35.5. The number of fused-ring (bicyclic) bond motifs is 1. The summed E-state index contributed by atoms with van der Waals surface area (Å²) in [5.41, 5.74) is 2.16. The summed E-state index contributed by atoms with van der Waals surface area (Å²) in [4.78, 5) is 18.0. The predicted octanol–water partition coefficient (Wildman–Crippen LogP) is 4.28. The first-order valence-corrected chi connectivity index (χ1v) is 9.04. The first-order chi connectivity index (χ1) is 13.5. The van der Waals surface area contributed by atoms with Gasteiger partial charge >= 0.3 is 0 Å². The highest BCUT2D eigenvalue weighted by Gasteiger charge is 2.25. The zero-order valence-electron chi connectivity index (χ0n) is 14.7. The van der Waals surface area contributed by atoms with E-state index in [0.29, 0.717) is 16.3 Å². The Kier molecular flexibility index (Phi) is 4.88. The molecular formula is C21H16ClFN2O3. The number of phenols is 1. The van der Waals surface area contributed by atoms with Crippen molar-refractivity contribution < 1.29 is 19.0 Å². The molecule has 28 heavy (non-hydrogen) atoms. The molecule has 0 bridgehead atoms. The van der Waals surface area contributed by atoms with Gasteiger partial charge in [-0.15, -0.1) is 0 Å². The minimum Gasteiger partial charge on any atom is -0.504 e. The summed E-state index contributed by atoms with van der Waals surface area (Å²) < 4.78 is 19.7. The molecule has 0 saturated carbocycles. The topological polar surface area (TPSA) is 62.7 Å². The monoisotopic (exact) mass is 398 g/mol. The van der Waals surface area contributed by atoms with E-state index in [9.17, 15) is 14.3 Å². The summed E-state index contributed by atoms with van der Waals surface area (Å²) in [7, 11) is 0. The van der Waals surface area contributed by atoms with E-state index in [1.807, 2.05) is 18.2 Å². The minimum atomic E-state index is -0.673. The molecule has 7 heteroatoms. The average molecular weight is 399 g/mol. The Morgan fingerprint density at radius 3 is 2.86 bits per heavy atom. The Morgan fingerprint density at radius 2 is 2.07 bits per heavy atom. The summed E-state index contributed by atoms with van der Waals surface area (Å²) in [5.74, 6) is -0.814. The van der Waals surface area contributed by atoms with Gasteiger partial charge in [0.1, 0.15) is 6.61 Å². The normalized spacial score (nSPS) is 13.4. The Bertz CT molecular complexity index is 1060. The van der Waals surface area contributed by atoms with Crippen LogP contribution in [0.15, 0.2) is 54.9 Å². The van der Waals surface area contributed by atoms with Crippen LogP contribution in [0.25, 0.3) is 11.1 Å². The van der Waals surface area contributed by atoms with Gasteiger partial charge in [0.05, 0.1) is 18.3 Å². The van der Waals surface area contributed by atoms with Gasteiger partial charge in [0, 0.05) is 23.3 Å². The van der Waals surface area contributed by atoms with Gasteiger partial charge in [0.25, 0.3) is 5.91 Å². The predicted molar refractivity (Wildman–Crippen MR) is 103 cm³/mol. The fourth-order valence-electron chi connectivity index (χ4n) is 3.23. The molecular weight excluding hydrogens is 383 g/mol. The van der Waals surface area contributed by atoms with Crippen molar-refractivity contribution in [2.75, 3.05) is 13.2 Å². The van der Waals surface area contributed by atoms with Crippen LogP contribution in [-0.4, -0.2) is 34.0 Å². The lowest BCUT2D eigenvalue weighted by atomic mass is 10.0. The number of nitrogens with zero attached hydrogens (tertiary/aromatic N) is 2. The maximum Gasteiger partial charge on any atom is 0.257 e. The largest absolute Gasteiger partial charge is 0.504 e. The van der Waals surface area contributed by atoms with Crippen molar-refractivity contribution >= 4 is 17.5 Å². The zero-order valence-corrected chi connectivity index (χ0v) is 15.5. The zero-order chi connectivity index (χ0) is 19.7. The van der Waals surface area contributed by atoms with Gasteiger partial charge < -0.3 is 14.7 Å². The highest BCUT2D eigenvalue weighted by molar-refractivity contribution is 6.30. The molecule has 1 N–H and O–H groups in total. The Morgan fingerprint density at radius 1 is 1.21 bits per heavy atom. The molecule has 1 aliphatic heterocycles. The van der Waals surface area contributed by atoms with Crippen molar-refractivity contribution in [3.05, 3.63) is 76.8 Å². The van der Waals surface area contributed by atoms with E-state index < -0.39 is 11.7 Å². The number of benzene rings is 2. The second-order valence-corrected chi connectivity index (χ2v) is 6.86. The van der Waals surface area contributed by atoms with Gasteiger partial charge in [0.2, 0.25) is 0 Å². The summed E-state index contributed by atoms with van der Waals surface area (Å²) in [5, 5.41) is 11.0. The number of aromatic nitrogens is 1. The Hall–Kier alpha value is -3.12. The van der Waals surface area contributed by atoms with E-state index >= 15 is 0 Å². The highest BCUT2D eigenvalue weighted by Crippen LogP contribution is 2.38. The number of ether oxygens (including phenoxy) is 1. The fourth-order valence-corrected chi connectivity index (χ4v) is 3.42. The number of amides is 1. The van der Waals surface area contributed by atoms with Gasteiger partial charge in [-0.2, -0.15) is 0 Å². The van der Waals surface area contributed by atoms with E-state index in [4.69, 9.17) is 16.3 Å². The molecule has 142 valence electrons. The number of carbonyl (C=O) groups is 1. The molecule has 2 heterocycles. The molecule has 1 aliphatic rings. The molecule has 0 saturated heterocycles. The number of halogens is 2. The van der Waals surface area contributed by atoms with Gasteiger partial charge in [0.15, 0.2) is 17.3 Å². The number of aromatic hydroxyl groups is 1. The van der Waals surface area contributed by atoms with Crippen LogP contribution in [0.3, 0.4) is 0 Å². The van der Waals surface area contributed by atoms with Crippen LogP contribution in [0.4, 0.5) is 4.39 Å². The SMILES string of the molecule is O=C(c1ccncc1F)N1CCOc2c(O)cc(-c3cccc(Cl)c3)cc2C1. The lowest BCUT2D eigenvalue weighted by Gasteiger charge is -2.20. The molecule has 0 aliphatic carbocycles. The molecule has 0 atom stereocenters. The van der Waals surface area contributed by atoms with E-state index in [-0.39, 0.29) is 31.0 Å². The van der Waals surface area contributed by atoms with Gasteiger partial charge in [-0.3, -0.25) is 9.78 Å². The molecule has 1 aromatic heterocycles. The molecule has 0 radical (unpaired) electrons. The van der Waals surface area contributed by atoms with Crippen LogP contribution in [0.2, 0.25) is 5.02 Å². The third-order valence-electron chi connectivity index (χ3n) is 4.56. The van der Waals surface area contributed by atoms with Crippen LogP contribution in [0.1, 0.15) is 15.9 Å². The van der Waals surface area contributed by atoms with Crippen LogP contribution < -0.4 is 4.74 Å². The fraction of sp³-hybridized carbons (Fsp3) is 0.143. The molecule has 5 nitrogen and oxygen atoms in total. The van der Waals surface area contributed by atoms with E-state index in [2.05, 4.69) is 4.98 Å². The van der Waals surface area contributed by atoms with Gasteiger partial charge in [-0.1, -0.05) is 23.7 Å². The van der Waals surface area contributed by atoms with Crippen LogP contribution in [0.5, 0.6) is 11.5 Å². The van der Waals surface area contributed by atoms with Crippen molar-refractivity contribution in [2.24, 2.45) is 0 Å². The van der Waals surface area contributed by atoms with Crippen molar-refractivity contribution in [3.63, 3.8) is 0 Å². The van der Waals surface area contributed by atoms with Gasteiger partial charge in [-0.25, -0.2) is 4.39 Å². The molecule has 0 unspecified atom stereocenters. The quantitative estimate of drug-likeness (QED) is 0.699. The van der Waals surface area contributed by atoms with E-state index in [1.54, 1.807) is 18.2 Å². The summed E-state index contributed by atoms with van der Waals surface area (Å²) in [6.45, 7) is 0.634. The maximum atomic E-state index is 14.0. The minimum absolute atomic E-state index is 0.0168. The average Bonchev–Trinajstić information content (AvgIpc) is 2.91. The number of pyridine rings is 1. The molecule has 0 spiro atoms. The molecule has 0 fully saturated rings. The molecule has 2 aromatic carbocycles. The van der Waals surface area contributed by atoms with Crippen molar-refractivity contribution in [2.45, 2.75) is 6.54 Å². The van der Waals surface area contributed by atoms with Crippen LogP contribution in [0, 0.1) is 5.82 Å². The van der Waals surface area contributed by atoms with Crippen molar-refractivity contribution in [1.29, 1.82) is 0 Å². The Labute approximate surface area is 166 Å². The van der Waals surface area contributed by atoms with Crippen LogP contribution >= 0.6 is 11.6 Å². The number of hydrogen-bond acceptors (Lipinski definition) is 4. The number of rotatable bonds is 2. The summed E-state index contributed by atoms with van der Waals surface area (Å²) >= 11 is 6.07. The number of carbonyl (C=O) groups excluding carboxylic acids is 1. The van der Waals surface area contributed by atoms with Crippen LogP contribution in [-0.2, 0) is 6.54 Å². The van der Waals surface area contributed by atoms with Gasteiger partial charge in [-0.05, 0) is 41.5 Å². The summed E-state index contributed by atoms with van der Waals surface area (Å²) in [6, 6.07) is 12.0. The lowest BCUT2D eigenvalue weighted by Crippen LogP contribution is -2.33. The molecule has 1 amide bonds. The standard InChI is InChI=1S/C21H16ClFN2O3/c22-16-3-1-2-13(9-16)14-8-15-12-25(6-7-28-20(15)19(26)10-14)21(27)17-4-5-24-11-18(17)23/h1-5,8-11,26H,6-7,12H2. The third kappa shape index (κ3) is 3.51. The van der Waals surface area contributed by atoms with Crippen molar-refractivity contribution in [1.82, 2.24) is 9.88 Å². The van der Waals surface area contributed by atoms with Crippen molar-refractivity contribution in [3.8, 4) is 22.6 Å². The maximum absolute atomic E-state index is 14.0. The second kappa shape index (κ2) is 7.48. The van der Waals surface area contributed by atoms with E-state index in [1.165, 1.54) is 17.2 Å². The first kappa shape index (κ1) is 18.3. The third-order valence-corrected chi connectivity index (χ3v) is 4.80. The second-order valence-electron chi connectivity index (χ2n) is 6.42. The molecule has 3 aromatic rings. The van der Waals surface area contributed by atoms with E-state index in [0.717, 1.165) is 17.3 Å².